The summed E-state index contributed by atoms with van der Waals surface area (Å²) in [6, 6.07) is 0.237. The molecule has 0 aromatic rings. The van der Waals surface area contributed by atoms with Gasteiger partial charge >= 0.3 is 0 Å². The molecule has 0 aromatic carbocycles. The molecule has 4 aliphatic rings. The van der Waals surface area contributed by atoms with Crippen LogP contribution in [-0.2, 0) is 0 Å². The summed E-state index contributed by atoms with van der Waals surface area (Å²) in [5, 5.41) is 21.4. The predicted octanol–water partition coefficient (Wildman–Crippen LogP) is 3.32. The quantitative estimate of drug-likeness (QED) is 0.688. The zero-order valence-corrected chi connectivity index (χ0v) is 15.7. The summed E-state index contributed by atoms with van der Waals surface area (Å²) in [6.45, 7) is 7.03. The van der Waals surface area contributed by atoms with E-state index in [2.05, 4.69) is 20.8 Å². The van der Waals surface area contributed by atoms with Crippen molar-refractivity contribution in [3.8, 4) is 0 Å². The standard InChI is InChI=1S/C21H37NO2/c1-12(22)16-6-7-17-15-5-4-13-10-14(23)8-9-20(13,2)19(15)18(24)11-21(16,17)3/h12-19,23-24H,4-11,22H2,1-3H3/t12?,13-,14-,15+,16-,17+,18+,19-,20+,21-/m1/s1. The fourth-order valence-electron chi connectivity index (χ4n) is 8.26. The summed E-state index contributed by atoms with van der Waals surface area (Å²) >= 11 is 0. The largest absolute Gasteiger partial charge is 0.393 e. The maximum absolute atomic E-state index is 11.3. The molecule has 3 nitrogen and oxygen atoms in total. The topological polar surface area (TPSA) is 66.5 Å². The predicted molar refractivity (Wildman–Crippen MR) is 96.3 cm³/mol. The van der Waals surface area contributed by atoms with Gasteiger partial charge in [-0.2, -0.15) is 0 Å². The molecule has 0 radical (unpaired) electrons. The molecule has 0 saturated heterocycles. The smallest absolute Gasteiger partial charge is 0.0581 e. The highest BCUT2D eigenvalue weighted by atomic mass is 16.3. The van der Waals surface area contributed by atoms with Gasteiger partial charge in [-0.3, -0.25) is 0 Å². The minimum absolute atomic E-state index is 0.112. The first kappa shape index (κ1) is 17.3. The van der Waals surface area contributed by atoms with Crippen molar-refractivity contribution in [3.05, 3.63) is 0 Å². The third kappa shape index (κ3) is 2.27. The first-order valence-electron chi connectivity index (χ1n) is 10.4. The Bertz CT molecular complexity index is 494. The lowest BCUT2D eigenvalue weighted by Crippen LogP contribution is -2.59. The number of rotatable bonds is 1. The van der Waals surface area contributed by atoms with E-state index in [9.17, 15) is 10.2 Å². The average molecular weight is 336 g/mol. The van der Waals surface area contributed by atoms with Gasteiger partial charge in [-0.25, -0.2) is 0 Å². The Labute approximate surface area is 147 Å². The first-order valence-corrected chi connectivity index (χ1v) is 10.4. The third-order valence-electron chi connectivity index (χ3n) is 9.27. The molecule has 1 unspecified atom stereocenters. The normalized spacial score (nSPS) is 58.5. The Kier molecular flexibility index (Phi) is 4.10. The van der Waals surface area contributed by atoms with Crippen LogP contribution in [0, 0.1) is 40.4 Å². The van der Waals surface area contributed by atoms with Gasteiger partial charge in [0.25, 0.3) is 0 Å². The van der Waals surface area contributed by atoms with Crippen molar-refractivity contribution in [1.82, 2.24) is 0 Å². The van der Waals surface area contributed by atoms with Crippen LogP contribution in [0.3, 0.4) is 0 Å². The van der Waals surface area contributed by atoms with Crippen molar-refractivity contribution in [2.24, 2.45) is 46.2 Å². The van der Waals surface area contributed by atoms with Crippen LogP contribution in [0.15, 0.2) is 0 Å². The van der Waals surface area contributed by atoms with Gasteiger partial charge in [-0.05, 0) is 98.7 Å². The molecule has 4 fully saturated rings. The highest BCUT2D eigenvalue weighted by Gasteiger charge is 2.63. The summed E-state index contributed by atoms with van der Waals surface area (Å²) in [5.41, 5.74) is 6.80. The average Bonchev–Trinajstić information content (AvgIpc) is 2.84. The van der Waals surface area contributed by atoms with Gasteiger partial charge in [0.2, 0.25) is 0 Å². The molecule has 24 heavy (non-hydrogen) atoms. The lowest BCUT2D eigenvalue weighted by molar-refractivity contribution is -0.178. The molecule has 0 aromatic heterocycles. The lowest BCUT2D eigenvalue weighted by atomic mass is 9.43. The van der Waals surface area contributed by atoms with E-state index in [1.807, 2.05) is 0 Å². The third-order valence-corrected chi connectivity index (χ3v) is 9.27. The van der Waals surface area contributed by atoms with Crippen LogP contribution in [0.1, 0.15) is 72.1 Å². The molecule has 4 aliphatic carbocycles. The van der Waals surface area contributed by atoms with E-state index in [1.165, 1.54) is 25.7 Å². The van der Waals surface area contributed by atoms with Crippen molar-refractivity contribution in [2.75, 3.05) is 0 Å². The molecule has 4 saturated carbocycles. The summed E-state index contributed by atoms with van der Waals surface area (Å²) in [5.74, 6) is 3.02. The molecule has 4 rings (SSSR count). The molecular formula is C21H37NO2. The molecule has 4 N–H and O–H groups in total. The van der Waals surface area contributed by atoms with Crippen LogP contribution in [0.4, 0.5) is 0 Å². The number of aliphatic hydroxyl groups is 2. The van der Waals surface area contributed by atoms with Gasteiger partial charge in [-0.15, -0.1) is 0 Å². The van der Waals surface area contributed by atoms with Gasteiger partial charge in [0.05, 0.1) is 12.2 Å². The maximum Gasteiger partial charge on any atom is 0.0581 e. The van der Waals surface area contributed by atoms with E-state index >= 15 is 0 Å². The van der Waals surface area contributed by atoms with Crippen LogP contribution >= 0.6 is 0 Å². The van der Waals surface area contributed by atoms with E-state index in [-0.39, 0.29) is 29.1 Å². The number of aliphatic hydroxyl groups excluding tert-OH is 2. The van der Waals surface area contributed by atoms with Crippen molar-refractivity contribution in [2.45, 2.75) is 90.4 Å². The van der Waals surface area contributed by atoms with Crippen LogP contribution in [0.5, 0.6) is 0 Å². The number of fused-ring (bicyclic) bond motifs is 5. The Morgan fingerprint density at radius 3 is 2.46 bits per heavy atom. The minimum atomic E-state index is -0.182. The first-order chi connectivity index (χ1) is 11.3. The van der Waals surface area contributed by atoms with Gasteiger partial charge in [-0.1, -0.05) is 13.8 Å². The van der Waals surface area contributed by atoms with Crippen LogP contribution in [-0.4, -0.2) is 28.5 Å². The molecule has 0 bridgehead atoms. The maximum atomic E-state index is 11.3. The van der Waals surface area contributed by atoms with E-state index in [0.29, 0.717) is 23.7 Å². The van der Waals surface area contributed by atoms with Crippen molar-refractivity contribution < 1.29 is 10.2 Å². The summed E-state index contributed by atoms with van der Waals surface area (Å²) in [6.07, 6.45) is 8.67. The van der Waals surface area contributed by atoms with Crippen molar-refractivity contribution in [1.29, 1.82) is 0 Å². The second-order valence-corrected chi connectivity index (χ2v) is 10.3. The van der Waals surface area contributed by atoms with Gasteiger partial charge in [0.15, 0.2) is 0 Å². The van der Waals surface area contributed by atoms with Gasteiger partial charge < -0.3 is 15.9 Å². The van der Waals surface area contributed by atoms with Crippen LogP contribution in [0.25, 0.3) is 0 Å². The van der Waals surface area contributed by atoms with Crippen molar-refractivity contribution >= 4 is 0 Å². The number of nitrogens with two attached hydrogens (primary N) is 1. The molecule has 0 heterocycles. The highest BCUT2D eigenvalue weighted by molar-refractivity contribution is 5.12. The fourth-order valence-corrected chi connectivity index (χ4v) is 8.26. The Morgan fingerprint density at radius 1 is 1.00 bits per heavy atom. The van der Waals surface area contributed by atoms with E-state index in [0.717, 1.165) is 31.6 Å². The van der Waals surface area contributed by atoms with Gasteiger partial charge in [0, 0.05) is 6.04 Å². The second kappa shape index (κ2) is 5.69. The zero-order chi connectivity index (χ0) is 17.3. The molecule has 10 atom stereocenters. The lowest BCUT2D eigenvalue weighted by Gasteiger charge is -2.62. The monoisotopic (exact) mass is 335 g/mol. The van der Waals surface area contributed by atoms with Crippen molar-refractivity contribution in [3.63, 3.8) is 0 Å². The zero-order valence-electron chi connectivity index (χ0n) is 15.7. The molecule has 0 aliphatic heterocycles. The Morgan fingerprint density at radius 2 is 1.75 bits per heavy atom. The van der Waals surface area contributed by atoms with Crippen LogP contribution < -0.4 is 5.73 Å². The molecule has 0 amide bonds. The Balaban J connectivity index is 1.66. The van der Waals surface area contributed by atoms with E-state index in [4.69, 9.17) is 5.73 Å². The highest BCUT2D eigenvalue weighted by Crippen LogP contribution is 2.67. The van der Waals surface area contributed by atoms with E-state index in [1.54, 1.807) is 0 Å². The fraction of sp³-hybridized carbons (Fsp3) is 1.00. The number of hydrogen-bond acceptors (Lipinski definition) is 3. The minimum Gasteiger partial charge on any atom is -0.393 e. The summed E-state index contributed by atoms with van der Waals surface area (Å²) in [7, 11) is 0. The molecule has 0 spiro atoms. The number of hydrogen-bond donors (Lipinski definition) is 3. The van der Waals surface area contributed by atoms with Crippen LogP contribution in [0.2, 0.25) is 0 Å². The molecular weight excluding hydrogens is 298 g/mol. The molecule has 3 heteroatoms. The summed E-state index contributed by atoms with van der Waals surface area (Å²) < 4.78 is 0. The van der Waals surface area contributed by atoms with E-state index < -0.39 is 0 Å². The van der Waals surface area contributed by atoms with Gasteiger partial charge in [0.1, 0.15) is 0 Å². The second-order valence-electron chi connectivity index (χ2n) is 10.3. The Hall–Kier alpha value is -0.120. The molecule has 138 valence electrons. The SMILES string of the molecule is CC(N)[C@H]1CC[C@H]2[C@@H]3CC[C@@H]4C[C@H](O)CC[C@]4(C)[C@H]3[C@@H](O)C[C@]12C. The summed E-state index contributed by atoms with van der Waals surface area (Å²) in [4.78, 5) is 0.